The quantitative estimate of drug-likeness (QED) is 0.691. The number of nitrogens with zero attached hydrogens (tertiary/aromatic N) is 1. The number of rotatable bonds is 2. The van der Waals surface area contributed by atoms with Gasteiger partial charge in [0.2, 0.25) is 5.69 Å². The van der Waals surface area contributed by atoms with E-state index in [1.54, 1.807) is 0 Å². The molecule has 0 saturated heterocycles. The second kappa shape index (κ2) is 4.70. The van der Waals surface area contributed by atoms with E-state index in [2.05, 4.69) is 23.6 Å². The van der Waals surface area contributed by atoms with Crippen molar-refractivity contribution >= 4 is 0 Å². The molecule has 88 valence electrons. The van der Waals surface area contributed by atoms with Crippen LogP contribution in [0.5, 0.6) is 0 Å². The molecule has 1 aromatic carbocycles. The Morgan fingerprint density at radius 2 is 1.94 bits per heavy atom. The van der Waals surface area contributed by atoms with Crippen LogP contribution in [0.1, 0.15) is 33.6 Å². The molecule has 1 heteroatoms. The van der Waals surface area contributed by atoms with Crippen molar-refractivity contribution in [3.05, 3.63) is 53.7 Å². The summed E-state index contributed by atoms with van der Waals surface area (Å²) in [5.41, 5.74) is 4.56. The molecular weight excluding hydrogens is 206 g/mol. The van der Waals surface area contributed by atoms with Gasteiger partial charge >= 0.3 is 0 Å². The Balaban J connectivity index is 2.66. The van der Waals surface area contributed by atoms with Gasteiger partial charge in [0, 0.05) is 19.9 Å². The maximum atomic E-state index is 7.66. The number of aryl methyl sites for hydroxylation is 2. The lowest BCUT2D eigenvalue weighted by atomic mass is 9.94. The third kappa shape index (κ3) is 2.23. The molecule has 0 fully saturated rings. The summed E-state index contributed by atoms with van der Waals surface area (Å²) in [5, 5.41) is 0. The average Bonchev–Trinajstić information content (AvgIpc) is 2.38. The fourth-order valence-electron chi connectivity index (χ4n) is 2.18. The molecule has 1 nitrogen and oxygen atoms in total. The van der Waals surface area contributed by atoms with E-state index >= 15 is 0 Å². The highest BCUT2D eigenvalue weighted by Crippen LogP contribution is 2.27. The zero-order valence-electron chi connectivity index (χ0n) is 12.6. The van der Waals surface area contributed by atoms with Gasteiger partial charge in [0.25, 0.3) is 0 Å². The Kier molecular flexibility index (Phi) is 2.60. The van der Waals surface area contributed by atoms with Crippen molar-refractivity contribution < 1.29 is 7.31 Å². The normalized spacial score (nSPS) is 14.4. The van der Waals surface area contributed by atoms with Crippen LogP contribution in [0.4, 0.5) is 0 Å². The molecule has 2 rings (SSSR count). The molecule has 0 amide bonds. The van der Waals surface area contributed by atoms with Gasteiger partial charge in [0.1, 0.15) is 7.05 Å². The molecule has 1 heterocycles. The summed E-state index contributed by atoms with van der Waals surface area (Å²) in [6.45, 7) is 3.18. The Labute approximate surface area is 107 Å². The van der Waals surface area contributed by atoms with Crippen molar-refractivity contribution in [2.24, 2.45) is 7.05 Å². The fraction of sp³-hybridized carbons (Fsp3) is 0.312. The number of benzene rings is 1. The number of aromatic nitrogens is 1. The van der Waals surface area contributed by atoms with Crippen molar-refractivity contribution in [1.82, 2.24) is 0 Å². The first-order chi connectivity index (χ1) is 9.02. The van der Waals surface area contributed by atoms with Crippen LogP contribution in [0.15, 0.2) is 42.6 Å². The van der Waals surface area contributed by atoms with Crippen LogP contribution < -0.4 is 4.57 Å². The van der Waals surface area contributed by atoms with Crippen molar-refractivity contribution in [2.45, 2.75) is 26.6 Å². The van der Waals surface area contributed by atoms with Gasteiger partial charge in [-0.3, -0.25) is 0 Å². The summed E-state index contributed by atoms with van der Waals surface area (Å²) in [5.74, 6) is -0.109. The molecule has 0 bridgehead atoms. The molecule has 1 unspecified atom stereocenters. The van der Waals surface area contributed by atoms with Gasteiger partial charge in [-0.05, 0) is 30.5 Å². The van der Waals surface area contributed by atoms with E-state index in [0.29, 0.717) is 0 Å². The van der Waals surface area contributed by atoms with Gasteiger partial charge in [-0.25, -0.2) is 4.57 Å². The largest absolute Gasteiger partial charge is 0.215 e. The van der Waals surface area contributed by atoms with Gasteiger partial charge in [-0.15, -0.1) is 0 Å². The van der Waals surface area contributed by atoms with Crippen molar-refractivity contribution in [3.63, 3.8) is 0 Å². The molecule has 1 atom stereocenters. The molecule has 0 aliphatic heterocycles. The van der Waals surface area contributed by atoms with Crippen LogP contribution in [0, 0.1) is 6.92 Å². The lowest BCUT2D eigenvalue weighted by Crippen LogP contribution is -2.32. The van der Waals surface area contributed by atoms with E-state index in [4.69, 9.17) is 2.74 Å². The molecule has 17 heavy (non-hydrogen) atoms. The van der Waals surface area contributed by atoms with E-state index in [0.717, 1.165) is 11.3 Å². The molecule has 0 aliphatic rings. The summed E-state index contributed by atoms with van der Waals surface area (Å²) in [7, 11) is 2.01. The highest BCUT2D eigenvalue weighted by molar-refractivity contribution is 5.64. The Bertz CT molecular complexity index is 579. The zero-order chi connectivity index (χ0) is 14.0. The lowest BCUT2D eigenvalue weighted by Gasteiger charge is -2.11. The summed E-state index contributed by atoms with van der Waals surface area (Å²) >= 11 is 0. The highest BCUT2D eigenvalue weighted by Gasteiger charge is 2.18. The fourth-order valence-corrected chi connectivity index (χ4v) is 2.18. The summed E-state index contributed by atoms with van der Waals surface area (Å²) in [6.07, 6.45) is 2.01. The molecule has 0 N–H and O–H groups in total. The zero-order valence-corrected chi connectivity index (χ0v) is 10.6. The van der Waals surface area contributed by atoms with Crippen LogP contribution in [-0.4, -0.2) is 0 Å². The third-order valence-electron chi connectivity index (χ3n) is 3.10. The predicted octanol–water partition coefficient (Wildman–Crippen LogP) is 3.61. The van der Waals surface area contributed by atoms with Crippen molar-refractivity contribution in [3.8, 4) is 11.3 Å². The van der Waals surface area contributed by atoms with E-state index < -0.39 is 6.88 Å². The van der Waals surface area contributed by atoms with E-state index in [9.17, 15) is 0 Å². The molecule has 0 aliphatic carbocycles. The minimum Gasteiger partial charge on any atom is -0.201 e. The molecule has 2 aromatic rings. The van der Waals surface area contributed by atoms with Gasteiger partial charge in [0.15, 0.2) is 6.20 Å². The van der Waals surface area contributed by atoms with Crippen LogP contribution in [0.2, 0.25) is 0 Å². The standard InChI is InChI=1S/C16H20N/c1-12(2)14-10-7-11-17(4)16(14)15-9-6-5-8-13(15)3/h5-12H,1-4H3/q+1/i1D2. The van der Waals surface area contributed by atoms with Crippen LogP contribution in [-0.2, 0) is 7.05 Å². The van der Waals surface area contributed by atoms with Gasteiger partial charge < -0.3 is 0 Å². The Morgan fingerprint density at radius 1 is 1.18 bits per heavy atom. The van der Waals surface area contributed by atoms with Gasteiger partial charge in [-0.2, -0.15) is 0 Å². The first kappa shape index (κ1) is 9.41. The van der Waals surface area contributed by atoms with E-state index in [1.807, 2.05) is 44.4 Å². The van der Waals surface area contributed by atoms with Gasteiger partial charge in [0.05, 0.1) is 0 Å². The van der Waals surface area contributed by atoms with Crippen LogP contribution in [0.3, 0.4) is 0 Å². The number of pyridine rings is 1. The summed E-state index contributed by atoms with van der Waals surface area (Å²) < 4.78 is 17.4. The third-order valence-corrected chi connectivity index (χ3v) is 3.10. The summed E-state index contributed by atoms with van der Waals surface area (Å²) in [6, 6.07) is 12.3. The number of hydrogen-bond donors (Lipinski definition) is 0. The molecular formula is C16H20N+. The monoisotopic (exact) mass is 228 g/mol. The topological polar surface area (TPSA) is 3.88 Å². The minimum atomic E-state index is -0.856. The van der Waals surface area contributed by atoms with Crippen LogP contribution in [0.25, 0.3) is 11.3 Å². The predicted molar refractivity (Wildman–Crippen MR) is 71.9 cm³/mol. The second-order valence-electron chi connectivity index (χ2n) is 4.53. The lowest BCUT2D eigenvalue weighted by molar-refractivity contribution is -0.660. The minimum absolute atomic E-state index is 0.109. The SMILES string of the molecule is [2H]C([2H])C(C)c1ccc[n+](C)c1-c1ccccc1C. The Hall–Kier alpha value is -1.63. The first-order valence-electron chi connectivity index (χ1n) is 7.07. The smallest absolute Gasteiger partial charge is 0.201 e. The Morgan fingerprint density at radius 3 is 2.65 bits per heavy atom. The van der Waals surface area contributed by atoms with E-state index in [-0.39, 0.29) is 5.92 Å². The maximum Gasteiger partial charge on any atom is 0.215 e. The summed E-state index contributed by atoms with van der Waals surface area (Å²) in [4.78, 5) is 0. The molecule has 1 aromatic heterocycles. The number of hydrogen-bond acceptors (Lipinski definition) is 0. The van der Waals surface area contributed by atoms with Crippen molar-refractivity contribution in [1.29, 1.82) is 0 Å². The highest BCUT2D eigenvalue weighted by atomic mass is 14.9. The molecule has 0 saturated carbocycles. The van der Waals surface area contributed by atoms with Crippen LogP contribution >= 0.6 is 0 Å². The first-order valence-corrected chi connectivity index (χ1v) is 5.91. The average molecular weight is 228 g/mol. The second-order valence-corrected chi connectivity index (χ2v) is 4.53. The maximum absolute atomic E-state index is 7.66. The molecule has 0 radical (unpaired) electrons. The van der Waals surface area contributed by atoms with Crippen molar-refractivity contribution in [2.75, 3.05) is 0 Å². The molecule has 0 spiro atoms. The van der Waals surface area contributed by atoms with E-state index in [1.165, 1.54) is 11.1 Å². The van der Waals surface area contributed by atoms with Gasteiger partial charge in [-0.1, -0.05) is 32.0 Å².